The lowest BCUT2D eigenvalue weighted by Gasteiger charge is -2.18. The van der Waals surface area contributed by atoms with Gasteiger partial charge in [0.15, 0.2) is 0 Å². The fraction of sp³-hybridized carbons (Fsp3) is 0.800. The first-order valence-electron chi connectivity index (χ1n) is 5.06. The van der Waals surface area contributed by atoms with Gasteiger partial charge in [-0.15, -0.1) is 0 Å². The summed E-state index contributed by atoms with van der Waals surface area (Å²) in [5.74, 6) is -0.727. The van der Waals surface area contributed by atoms with Gasteiger partial charge in [-0.2, -0.15) is 0 Å². The van der Waals surface area contributed by atoms with E-state index < -0.39 is 22.2 Å². The van der Waals surface area contributed by atoms with Crippen molar-refractivity contribution >= 4 is 22.7 Å². The van der Waals surface area contributed by atoms with Crippen LogP contribution in [-0.4, -0.2) is 39.7 Å². The Bertz CT molecular complexity index is 289. The van der Waals surface area contributed by atoms with E-state index in [9.17, 15) is 13.8 Å². The second-order valence-electron chi connectivity index (χ2n) is 4.35. The van der Waals surface area contributed by atoms with Crippen molar-refractivity contribution in [2.45, 2.75) is 26.7 Å². The molecular weight excluding hydrogens is 230 g/mol. The van der Waals surface area contributed by atoms with Crippen molar-refractivity contribution in [1.82, 2.24) is 5.32 Å². The normalized spacial score (nSPS) is 13.2. The highest BCUT2D eigenvalue weighted by Gasteiger charge is 2.29. The minimum Gasteiger partial charge on any atom is -0.481 e. The number of nitrogens with one attached hydrogen (secondary N) is 1. The molecule has 5 nitrogen and oxygen atoms in total. The summed E-state index contributed by atoms with van der Waals surface area (Å²) in [6.07, 6.45) is 2.20. The number of hydrogen-bond acceptors (Lipinski definition) is 3. The van der Waals surface area contributed by atoms with Crippen molar-refractivity contribution in [1.29, 1.82) is 0 Å². The van der Waals surface area contributed by atoms with E-state index in [-0.39, 0.29) is 12.3 Å². The maximum Gasteiger partial charge on any atom is 0.309 e. The molecule has 0 aliphatic carbocycles. The lowest BCUT2D eigenvalue weighted by molar-refractivity contribution is -0.149. The summed E-state index contributed by atoms with van der Waals surface area (Å²) in [6, 6.07) is 0. The van der Waals surface area contributed by atoms with Crippen LogP contribution in [0.25, 0.3) is 0 Å². The molecule has 0 aliphatic rings. The van der Waals surface area contributed by atoms with Gasteiger partial charge in [-0.1, -0.05) is 0 Å². The number of rotatable bonds is 7. The lowest BCUT2D eigenvalue weighted by Crippen LogP contribution is -2.34. The molecule has 0 bridgehead atoms. The summed E-state index contributed by atoms with van der Waals surface area (Å²) in [5, 5.41) is 11.4. The molecule has 0 heterocycles. The van der Waals surface area contributed by atoms with Gasteiger partial charge in [-0.05, 0) is 20.3 Å². The Morgan fingerprint density at radius 2 is 1.94 bits per heavy atom. The van der Waals surface area contributed by atoms with Crippen LogP contribution in [0.15, 0.2) is 0 Å². The van der Waals surface area contributed by atoms with E-state index in [4.69, 9.17) is 5.11 Å². The van der Waals surface area contributed by atoms with Crippen LogP contribution in [0.1, 0.15) is 26.7 Å². The highest BCUT2D eigenvalue weighted by atomic mass is 32.2. The summed E-state index contributed by atoms with van der Waals surface area (Å²) >= 11 is 0. The first-order chi connectivity index (χ1) is 7.25. The minimum absolute atomic E-state index is 0.0441. The monoisotopic (exact) mass is 249 g/mol. The molecule has 0 aliphatic heterocycles. The van der Waals surface area contributed by atoms with E-state index >= 15 is 0 Å². The third kappa shape index (κ3) is 6.55. The van der Waals surface area contributed by atoms with Crippen LogP contribution in [0.2, 0.25) is 0 Å². The number of carboxylic acid groups (broad SMARTS) is 1. The second-order valence-corrected chi connectivity index (χ2v) is 5.90. The van der Waals surface area contributed by atoms with Gasteiger partial charge in [0, 0.05) is 35.8 Å². The van der Waals surface area contributed by atoms with E-state index in [0.717, 1.165) is 0 Å². The maximum absolute atomic E-state index is 11.4. The Morgan fingerprint density at radius 1 is 1.38 bits per heavy atom. The van der Waals surface area contributed by atoms with Crippen LogP contribution in [-0.2, 0) is 20.4 Å². The number of carbonyl (C=O) groups excluding carboxylic acids is 1. The molecule has 16 heavy (non-hydrogen) atoms. The average molecular weight is 249 g/mol. The van der Waals surface area contributed by atoms with Crippen LogP contribution >= 0.6 is 0 Å². The van der Waals surface area contributed by atoms with Crippen LogP contribution in [0.5, 0.6) is 0 Å². The molecule has 6 heteroatoms. The van der Waals surface area contributed by atoms with E-state index in [1.54, 1.807) is 6.26 Å². The molecule has 1 unspecified atom stereocenters. The van der Waals surface area contributed by atoms with Gasteiger partial charge in [0.2, 0.25) is 5.91 Å². The van der Waals surface area contributed by atoms with Crippen molar-refractivity contribution in [3.05, 3.63) is 0 Å². The topological polar surface area (TPSA) is 83.5 Å². The molecule has 0 radical (unpaired) electrons. The lowest BCUT2D eigenvalue weighted by atomic mass is 9.89. The quantitative estimate of drug-likeness (QED) is 0.639. The largest absolute Gasteiger partial charge is 0.481 e. The zero-order valence-corrected chi connectivity index (χ0v) is 10.7. The Hall–Kier alpha value is -0.910. The molecule has 94 valence electrons. The Kier molecular flexibility index (Phi) is 6.25. The van der Waals surface area contributed by atoms with Gasteiger partial charge in [0.25, 0.3) is 0 Å². The van der Waals surface area contributed by atoms with Crippen LogP contribution in [0.3, 0.4) is 0 Å². The molecule has 2 N–H and O–H groups in total. The summed E-state index contributed by atoms with van der Waals surface area (Å²) in [5.41, 5.74) is -1.04. The molecule has 0 aromatic rings. The molecule has 0 saturated carbocycles. The fourth-order valence-corrected chi connectivity index (χ4v) is 1.59. The van der Waals surface area contributed by atoms with Gasteiger partial charge in [0.1, 0.15) is 0 Å². The van der Waals surface area contributed by atoms with Crippen molar-refractivity contribution in [2.75, 3.05) is 18.6 Å². The van der Waals surface area contributed by atoms with Gasteiger partial charge in [0.05, 0.1) is 5.41 Å². The van der Waals surface area contributed by atoms with Crippen LogP contribution < -0.4 is 5.32 Å². The molecule has 1 amide bonds. The van der Waals surface area contributed by atoms with Gasteiger partial charge >= 0.3 is 5.97 Å². The van der Waals surface area contributed by atoms with E-state index in [2.05, 4.69) is 5.32 Å². The molecule has 0 spiro atoms. The number of amides is 1. The first kappa shape index (κ1) is 15.1. The number of aliphatic carboxylic acids is 1. The van der Waals surface area contributed by atoms with E-state index in [0.29, 0.717) is 18.7 Å². The molecule has 0 aromatic heterocycles. The number of carboxylic acids is 1. The third-order valence-corrected chi connectivity index (χ3v) is 2.98. The number of carbonyl (C=O) groups is 2. The van der Waals surface area contributed by atoms with Crippen LogP contribution in [0, 0.1) is 5.41 Å². The van der Waals surface area contributed by atoms with Gasteiger partial charge < -0.3 is 10.4 Å². The summed E-state index contributed by atoms with van der Waals surface area (Å²) < 4.78 is 10.7. The van der Waals surface area contributed by atoms with E-state index in [1.807, 2.05) is 0 Å². The molecular formula is C10H19NO4S. The molecule has 1 atom stereocenters. The van der Waals surface area contributed by atoms with Gasteiger partial charge in [-0.25, -0.2) is 0 Å². The highest BCUT2D eigenvalue weighted by molar-refractivity contribution is 7.84. The predicted octanol–water partition coefficient (Wildman–Crippen LogP) is 0.372. The Morgan fingerprint density at radius 3 is 2.38 bits per heavy atom. The second kappa shape index (κ2) is 6.62. The molecule has 0 fully saturated rings. The Labute approximate surface area is 98.1 Å². The molecule has 0 aromatic carbocycles. The SMILES string of the molecule is CS(=O)CCCNC(=O)CC(C)(C)C(=O)O. The first-order valence-corrected chi connectivity index (χ1v) is 6.78. The summed E-state index contributed by atoms with van der Waals surface area (Å²) in [7, 11) is -0.852. The van der Waals surface area contributed by atoms with Crippen LogP contribution in [0.4, 0.5) is 0 Å². The van der Waals surface area contributed by atoms with Crippen molar-refractivity contribution in [3.8, 4) is 0 Å². The maximum atomic E-state index is 11.4. The zero-order valence-electron chi connectivity index (χ0n) is 9.91. The molecule has 0 rings (SSSR count). The summed E-state index contributed by atoms with van der Waals surface area (Å²) in [6.45, 7) is 3.46. The Balaban J connectivity index is 3.83. The van der Waals surface area contributed by atoms with E-state index in [1.165, 1.54) is 13.8 Å². The smallest absolute Gasteiger partial charge is 0.309 e. The van der Waals surface area contributed by atoms with Crippen molar-refractivity contribution in [3.63, 3.8) is 0 Å². The minimum atomic E-state index is -1.04. The molecule has 0 saturated heterocycles. The fourth-order valence-electron chi connectivity index (χ4n) is 1.04. The standard InChI is InChI=1S/C10H19NO4S/c1-10(2,9(13)14)7-8(12)11-5-4-6-16(3)15/h4-7H2,1-3H3,(H,11,12)(H,13,14). The van der Waals surface area contributed by atoms with Crippen molar-refractivity contribution < 1.29 is 18.9 Å². The van der Waals surface area contributed by atoms with Gasteiger partial charge in [-0.3, -0.25) is 13.8 Å². The predicted molar refractivity (Wildman–Crippen MR) is 62.6 cm³/mol. The highest BCUT2D eigenvalue weighted by Crippen LogP contribution is 2.19. The average Bonchev–Trinajstić information content (AvgIpc) is 2.11. The van der Waals surface area contributed by atoms with Crippen molar-refractivity contribution in [2.24, 2.45) is 5.41 Å². The number of hydrogen-bond donors (Lipinski definition) is 2. The summed E-state index contributed by atoms with van der Waals surface area (Å²) in [4.78, 5) is 22.1. The third-order valence-electron chi connectivity index (χ3n) is 2.11. The zero-order chi connectivity index (χ0) is 12.8.